The number of hydrogen-bond acceptors (Lipinski definition) is 0. The van der Waals surface area contributed by atoms with E-state index in [4.69, 9.17) is 0 Å². The average molecular weight is 163 g/mol. The zero-order valence-electron chi connectivity index (χ0n) is 7.48. The topological polar surface area (TPSA) is 0 Å². The van der Waals surface area contributed by atoms with Crippen LogP contribution in [0, 0.1) is 0 Å². The average Bonchev–Trinajstić information content (AvgIpc) is 2.21. The molecule has 0 saturated carbocycles. The van der Waals surface area contributed by atoms with E-state index in [1.807, 2.05) is 0 Å². The molecule has 1 heteroatoms. The van der Waals surface area contributed by atoms with Gasteiger partial charge in [-0.2, -0.15) is 0 Å². The van der Waals surface area contributed by atoms with E-state index >= 15 is 0 Å². The molecule has 0 bridgehead atoms. The van der Waals surface area contributed by atoms with Gasteiger partial charge in [-0.3, -0.25) is 0 Å². The Morgan fingerprint density at radius 3 is 1.31 bits per heavy atom. The molecule has 0 unspecified atom stereocenters. The molecule has 0 radical (unpaired) electrons. The van der Waals surface area contributed by atoms with Crippen LogP contribution in [0.5, 0.6) is 0 Å². The molecule has 2 rings (SSSR count). The third-order valence-corrected chi connectivity index (χ3v) is 2.09. The first-order valence-corrected chi connectivity index (χ1v) is 4.53. The summed E-state index contributed by atoms with van der Waals surface area (Å²) in [6.07, 6.45) is 0. The van der Waals surface area contributed by atoms with Gasteiger partial charge in [-0.25, -0.2) is 0 Å². The van der Waals surface area contributed by atoms with Gasteiger partial charge in [0.05, 0.1) is 0 Å². The Bertz CT molecular complexity index is 316. The van der Waals surface area contributed by atoms with Gasteiger partial charge in [-0.05, 0) is 0 Å². The zero-order valence-corrected chi connectivity index (χ0v) is 7.48. The summed E-state index contributed by atoms with van der Waals surface area (Å²) in [7, 11) is 1.03. The van der Waals surface area contributed by atoms with Gasteiger partial charge in [0.2, 0.25) is 0 Å². The van der Waals surface area contributed by atoms with Crippen molar-refractivity contribution >= 4 is 19.3 Å². The van der Waals surface area contributed by atoms with Gasteiger partial charge in [-0.1, -0.05) is 0 Å². The monoisotopic (exact) mass is 163 g/mol. The Balaban J connectivity index is 2.16. The third kappa shape index (κ3) is 2.27. The van der Waals surface area contributed by atoms with E-state index < -0.39 is 0 Å². The molecule has 0 aromatic heterocycles. The van der Waals surface area contributed by atoms with Gasteiger partial charge >= 0.3 is 80.0 Å². The Hall–Kier alpha value is -1.39. The Morgan fingerprint density at radius 2 is 0.923 bits per heavy atom. The molecule has 0 nitrogen and oxygen atoms in total. The molecule has 0 saturated heterocycles. The van der Waals surface area contributed by atoms with Crippen LogP contribution in [0.4, 0.5) is 0 Å². The molecule has 60 valence electrons. The van der Waals surface area contributed by atoms with Crippen LogP contribution in [0.1, 0.15) is 0 Å². The van der Waals surface area contributed by atoms with E-state index in [0.29, 0.717) is 0 Å². The Morgan fingerprint density at radius 1 is 0.538 bits per heavy atom. The summed E-state index contributed by atoms with van der Waals surface area (Å²) in [6.45, 7) is 0. The van der Waals surface area contributed by atoms with Gasteiger partial charge in [0.25, 0.3) is 0 Å². The minimum atomic E-state index is 1.03. The fourth-order valence-electron chi connectivity index (χ4n) is 1.43. The van der Waals surface area contributed by atoms with E-state index in [1.165, 1.54) is 10.6 Å². The van der Waals surface area contributed by atoms with Crippen molar-refractivity contribution in [1.29, 1.82) is 0 Å². The quantitative estimate of drug-likeness (QED) is 0.586. The number of benzene rings is 2. The fraction of sp³-hybridized carbons (Fsp3) is 0. The summed E-state index contributed by atoms with van der Waals surface area (Å²) in [5.41, 5.74) is 0. The second-order valence-electron chi connectivity index (χ2n) is 3.15. The molecule has 0 fully saturated rings. The van der Waals surface area contributed by atoms with Crippen LogP contribution in [-0.2, 0) is 0 Å². The first kappa shape index (κ1) is 8.22. The predicted octanol–water partition coefficient (Wildman–Crippen LogP) is 1.34. The van der Waals surface area contributed by atoms with E-state index in [0.717, 1.165) is 8.78 Å². The standard InChI is InChI=1S/2C6H5.Be/c2*1-2-4-6-5-3-1;/h2*1-5H;. The van der Waals surface area contributed by atoms with Crippen LogP contribution < -0.4 is 10.6 Å². The van der Waals surface area contributed by atoms with Gasteiger partial charge < -0.3 is 0 Å². The predicted molar refractivity (Wildman–Crippen MR) is 57.9 cm³/mol. The van der Waals surface area contributed by atoms with Crippen LogP contribution in [-0.4, -0.2) is 8.78 Å². The molecule has 0 heterocycles. The molecule has 0 aliphatic carbocycles. The van der Waals surface area contributed by atoms with Crippen molar-refractivity contribution in [3.8, 4) is 0 Å². The Kier molecular flexibility index (Phi) is 2.54. The molecule has 0 atom stereocenters. The summed E-state index contributed by atoms with van der Waals surface area (Å²) in [5, 5.41) is 2.74. The SMILES string of the molecule is [Be]([c]1ccccc1)[c]1ccccc1. The van der Waals surface area contributed by atoms with Gasteiger partial charge in [0.15, 0.2) is 0 Å². The van der Waals surface area contributed by atoms with Crippen molar-refractivity contribution in [2.24, 2.45) is 0 Å². The number of rotatable bonds is 2. The normalized spacial score (nSPS) is 9.23. The first-order valence-electron chi connectivity index (χ1n) is 4.53. The maximum atomic E-state index is 2.16. The summed E-state index contributed by atoms with van der Waals surface area (Å²) < 4.78 is 0. The fourth-order valence-corrected chi connectivity index (χ4v) is 1.43. The second-order valence-corrected chi connectivity index (χ2v) is 3.15. The third-order valence-electron chi connectivity index (χ3n) is 2.09. The van der Waals surface area contributed by atoms with Gasteiger partial charge in [-0.15, -0.1) is 0 Å². The zero-order chi connectivity index (χ0) is 8.93. The first-order chi connectivity index (χ1) is 6.45. The summed E-state index contributed by atoms with van der Waals surface area (Å²) in [6, 6.07) is 21.1. The van der Waals surface area contributed by atoms with Crippen molar-refractivity contribution in [1.82, 2.24) is 0 Å². The molecular formula is C12H10Be. The van der Waals surface area contributed by atoms with Crippen LogP contribution >= 0.6 is 0 Å². The minimum absolute atomic E-state index is 1.03. The second kappa shape index (κ2) is 4.02. The Labute approximate surface area is 80.5 Å². The van der Waals surface area contributed by atoms with Crippen molar-refractivity contribution in [2.45, 2.75) is 0 Å². The molecule has 13 heavy (non-hydrogen) atoms. The molecule has 0 N–H and O–H groups in total. The van der Waals surface area contributed by atoms with Crippen molar-refractivity contribution in [3.63, 3.8) is 0 Å². The molecule has 0 aliphatic rings. The maximum absolute atomic E-state index is 2.16. The molecule has 2 aromatic carbocycles. The number of hydrogen-bond donors (Lipinski definition) is 0. The summed E-state index contributed by atoms with van der Waals surface area (Å²) in [4.78, 5) is 0. The van der Waals surface area contributed by atoms with Crippen molar-refractivity contribution < 1.29 is 0 Å². The van der Waals surface area contributed by atoms with Crippen LogP contribution in [0.3, 0.4) is 0 Å². The van der Waals surface area contributed by atoms with E-state index in [-0.39, 0.29) is 0 Å². The van der Waals surface area contributed by atoms with Crippen molar-refractivity contribution in [2.75, 3.05) is 0 Å². The molecule has 0 amide bonds. The molecular weight excluding hydrogens is 153 g/mol. The van der Waals surface area contributed by atoms with Crippen LogP contribution in [0.2, 0.25) is 0 Å². The summed E-state index contributed by atoms with van der Waals surface area (Å²) in [5.74, 6) is 0. The molecule has 0 spiro atoms. The van der Waals surface area contributed by atoms with Crippen molar-refractivity contribution in [3.05, 3.63) is 60.7 Å². The van der Waals surface area contributed by atoms with Gasteiger partial charge in [0.1, 0.15) is 0 Å². The summed E-state index contributed by atoms with van der Waals surface area (Å²) >= 11 is 0. The van der Waals surface area contributed by atoms with E-state index in [1.54, 1.807) is 0 Å². The van der Waals surface area contributed by atoms with Crippen LogP contribution in [0.15, 0.2) is 60.7 Å². The van der Waals surface area contributed by atoms with E-state index in [9.17, 15) is 0 Å². The molecule has 0 aliphatic heterocycles. The molecule has 2 aromatic rings. The van der Waals surface area contributed by atoms with Gasteiger partial charge in [0, 0.05) is 0 Å². The van der Waals surface area contributed by atoms with E-state index in [2.05, 4.69) is 60.7 Å². The van der Waals surface area contributed by atoms with Crippen LogP contribution in [0.25, 0.3) is 0 Å².